The van der Waals surface area contributed by atoms with Crippen LogP contribution in [-0.4, -0.2) is 22.2 Å². The molecule has 0 atom stereocenters. The molecule has 0 heterocycles. The fraction of sp³-hybridized carbons (Fsp3) is 0.0500. The van der Waals surface area contributed by atoms with Crippen LogP contribution in [0.2, 0.25) is 0 Å². The molecule has 6 aromatic rings. The minimum absolute atomic E-state index is 0.106. The first-order valence-electron chi connectivity index (χ1n) is 15.2. The lowest BCUT2D eigenvalue weighted by atomic mass is 10.2. The summed E-state index contributed by atoms with van der Waals surface area (Å²) in [5.41, 5.74) is 2.56. The van der Waals surface area contributed by atoms with Crippen molar-refractivity contribution < 1.29 is 28.9 Å². The fourth-order valence-electron chi connectivity index (χ4n) is 5.31. The fourth-order valence-corrected chi connectivity index (χ4v) is 10.6. The van der Waals surface area contributed by atoms with Crippen LogP contribution in [0.5, 0.6) is 0 Å². The molecule has 0 unspecified atom stereocenters. The summed E-state index contributed by atoms with van der Waals surface area (Å²) in [5.74, 6) is -2.12. The van der Waals surface area contributed by atoms with E-state index in [2.05, 4.69) is 0 Å². The van der Waals surface area contributed by atoms with E-state index in [9.17, 15) is 18.7 Å². The second-order valence-corrected chi connectivity index (χ2v) is 16.8. The third kappa shape index (κ3) is 7.16. The van der Waals surface area contributed by atoms with Gasteiger partial charge in [-0.15, -0.1) is 0 Å². The first-order valence-corrected chi connectivity index (χ1v) is 18.6. The minimum Gasteiger partial charge on any atom is -0.478 e. The molecule has 0 radical (unpaired) electrons. The van der Waals surface area contributed by atoms with Crippen molar-refractivity contribution in [1.82, 2.24) is 0 Å². The Morgan fingerprint density at radius 2 is 0.604 bits per heavy atom. The zero-order valence-electron chi connectivity index (χ0n) is 26.4. The number of aromatic carboxylic acids is 2. The molecule has 8 heteroatoms. The van der Waals surface area contributed by atoms with Gasteiger partial charge in [-0.05, 0) is 38.1 Å². The Balaban J connectivity index is 0.000000190. The molecule has 0 aliphatic heterocycles. The molecule has 6 nitrogen and oxygen atoms in total. The Morgan fingerprint density at radius 1 is 0.375 bits per heavy atom. The Morgan fingerprint density at radius 3 is 0.854 bits per heavy atom. The van der Waals surface area contributed by atoms with Crippen LogP contribution in [0.1, 0.15) is 31.8 Å². The van der Waals surface area contributed by atoms with E-state index < -0.39 is 26.2 Å². The molecular weight excluding hydrogens is 638 g/mol. The number of hydrogen-bond acceptors (Lipinski definition) is 4. The molecule has 0 fully saturated rings. The van der Waals surface area contributed by atoms with Gasteiger partial charge in [0.2, 0.25) is 0 Å². The van der Waals surface area contributed by atoms with E-state index in [0.29, 0.717) is 15.9 Å². The van der Waals surface area contributed by atoms with Gasteiger partial charge in [0.15, 0.2) is 14.3 Å². The Kier molecular flexibility index (Phi) is 10.4. The number of benzene rings is 6. The normalized spacial score (nSPS) is 11.2. The monoisotopic (exact) mass is 672 g/mol. The smallest absolute Gasteiger partial charge is 0.335 e. The summed E-state index contributed by atoms with van der Waals surface area (Å²) in [6.07, 6.45) is 0. The first kappa shape index (κ1) is 34.1. The van der Waals surface area contributed by atoms with Crippen molar-refractivity contribution in [2.24, 2.45) is 0 Å². The summed E-state index contributed by atoms with van der Waals surface area (Å²) in [7, 11) is -6.08. The van der Waals surface area contributed by atoms with Crippen molar-refractivity contribution in [2.75, 3.05) is 0 Å². The number of carbonyl (C=O) groups is 2. The second-order valence-electron chi connectivity index (χ2n) is 11.3. The third-order valence-electron chi connectivity index (χ3n) is 7.99. The summed E-state index contributed by atoms with van der Waals surface area (Å²) < 4.78 is 28.1. The van der Waals surface area contributed by atoms with E-state index in [0.717, 1.165) is 15.9 Å². The van der Waals surface area contributed by atoms with Crippen molar-refractivity contribution in [1.29, 1.82) is 0 Å². The lowest BCUT2D eigenvalue weighted by Gasteiger charge is -2.20. The second kappa shape index (κ2) is 14.6. The largest absolute Gasteiger partial charge is 0.478 e. The summed E-state index contributed by atoms with van der Waals surface area (Å²) in [6, 6.07) is 46.5. The van der Waals surface area contributed by atoms with Gasteiger partial charge in [0.05, 0.1) is 11.1 Å². The van der Waals surface area contributed by atoms with Crippen molar-refractivity contribution in [2.45, 2.75) is 13.8 Å². The number of hydrogen-bond donors (Lipinski definition) is 2. The van der Waals surface area contributed by atoms with Crippen LogP contribution < -0.4 is 31.8 Å². The predicted molar refractivity (Wildman–Crippen MR) is 195 cm³/mol. The summed E-state index contributed by atoms with van der Waals surface area (Å²) in [4.78, 5) is 22.2. The topological polar surface area (TPSA) is 109 Å². The maximum absolute atomic E-state index is 14.1. The summed E-state index contributed by atoms with van der Waals surface area (Å²) in [6.45, 7) is 4.09. The number of carboxylic acids is 2. The van der Waals surface area contributed by atoms with Gasteiger partial charge in [-0.2, -0.15) is 0 Å². The predicted octanol–water partition coefficient (Wildman–Crippen LogP) is 6.67. The van der Waals surface area contributed by atoms with Crippen molar-refractivity contribution in [3.05, 3.63) is 180 Å². The van der Waals surface area contributed by atoms with Gasteiger partial charge < -0.3 is 19.3 Å². The number of rotatable bonds is 8. The lowest BCUT2D eigenvalue weighted by Crippen LogP contribution is -2.25. The molecule has 0 amide bonds. The van der Waals surface area contributed by atoms with Crippen molar-refractivity contribution in [3.8, 4) is 0 Å². The molecule has 240 valence electrons. The van der Waals surface area contributed by atoms with Gasteiger partial charge in [-0.1, -0.05) is 145 Å². The molecule has 0 saturated carbocycles. The van der Waals surface area contributed by atoms with Crippen LogP contribution in [0.15, 0.2) is 158 Å². The molecule has 0 saturated heterocycles. The molecule has 2 N–H and O–H groups in total. The Labute approximate surface area is 280 Å². The zero-order valence-corrected chi connectivity index (χ0v) is 28.2. The number of aryl methyl sites for hydroxylation is 2. The first-order chi connectivity index (χ1) is 23.0. The highest BCUT2D eigenvalue weighted by molar-refractivity contribution is 7.85. The molecule has 0 bridgehead atoms. The van der Waals surface area contributed by atoms with Crippen LogP contribution in [-0.2, 0) is 9.13 Å². The zero-order chi connectivity index (χ0) is 34.3. The summed E-state index contributed by atoms with van der Waals surface area (Å²) >= 11 is 0. The maximum Gasteiger partial charge on any atom is 0.335 e. The SMILES string of the molecule is Cc1ccc(P(=O)(c2ccccc2)c2ccc(C)cc2)cc1.O=C(O)c1ccc(P(=O)(c2ccccc2)c2ccc(C(=O)O)cc2)cc1. The minimum atomic E-state index is -3.26. The van der Waals surface area contributed by atoms with Crippen LogP contribution in [0.4, 0.5) is 0 Å². The molecule has 0 aromatic heterocycles. The van der Waals surface area contributed by atoms with E-state index in [4.69, 9.17) is 10.2 Å². The molecule has 6 aromatic carbocycles. The summed E-state index contributed by atoms with van der Waals surface area (Å²) in [5, 5.41) is 22.3. The van der Waals surface area contributed by atoms with Gasteiger partial charge in [-0.25, -0.2) is 9.59 Å². The highest BCUT2D eigenvalue weighted by Gasteiger charge is 2.31. The quantitative estimate of drug-likeness (QED) is 0.175. The highest BCUT2D eigenvalue weighted by Crippen LogP contribution is 2.43. The van der Waals surface area contributed by atoms with E-state index >= 15 is 0 Å². The molecule has 0 spiro atoms. The van der Waals surface area contributed by atoms with Crippen molar-refractivity contribution >= 4 is 58.0 Å². The average Bonchev–Trinajstić information content (AvgIpc) is 3.12. The Hall–Kier alpha value is -5.28. The molecule has 0 aliphatic rings. The van der Waals surface area contributed by atoms with Crippen LogP contribution in [0.3, 0.4) is 0 Å². The van der Waals surface area contributed by atoms with E-state index in [-0.39, 0.29) is 11.1 Å². The standard InChI is InChI=1S/C20H15O5P.C20H19OP/c21-19(22)14-6-10-17(11-7-14)26(25,16-4-2-1-3-5-16)18-12-8-15(9-13-18)20(23)24;1-16-8-12-19(13-9-16)22(21,18-6-4-3-5-7-18)20-14-10-17(2)11-15-20/h1-13H,(H,21,22)(H,23,24);3-15H,1-2H3. The lowest BCUT2D eigenvalue weighted by molar-refractivity contribution is 0.0686. The maximum atomic E-state index is 14.1. The molecule has 48 heavy (non-hydrogen) atoms. The molecule has 6 rings (SSSR count). The van der Waals surface area contributed by atoms with Gasteiger partial charge in [0.1, 0.15) is 0 Å². The average molecular weight is 673 g/mol. The van der Waals surface area contributed by atoms with E-state index in [1.54, 1.807) is 48.5 Å². The van der Waals surface area contributed by atoms with Crippen LogP contribution in [0.25, 0.3) is 0 Å². The van der Waals surface area contributed by atoms with Crippen molar-refractivity contribution in [3.63, 3.8) is 0 Å². The molecule has 0 aliphatic carbocycles. The van der Waals surface area contributed by atoms with Gasteiger partial charge >= 0.3 is 11.9 Å². The van der Waals surface area contributed by atoms with Gasteiger partial charge in [0, 0.05) is 31.8 Å². The third-order valence-corrected chi connectivity index (χ3v) is 14.1. The number of carboxylic acid groups (broad SMARTS) is 2. The van der Waals surface area contributed by atoms with Crippen LogP contribution in [0, 0.1) is 13.8 Å². The van der Waals surface area contributed by atoms with E-state index in [1.807, 2.05) is 98.8 Å². The van der Waals surface area contributed by atoms with Gasteiger partial charge in [0.25, 0.3) is 0 Å². The van der Waals surface area contributed by atoms with Gasteiger partial charge in [-0.3, -0.25) is 0 Å². The molecular formula is C40H34O6P2. The highest BCUT2D eigenvalue weighted by atomic mass is 31.2. The van der Waals surface area contributed by atoms with E-state index in [1.165, 1.54) is 35.4 Å². The Bertz CT molecular complexity index is 2000. The van der Waals surface area contributed by atoms with Crippen LogP contribution >= 0.6 is 14.3 Å².